The van der Waals surface area contributed by atoms with Crippen LogP contribution in [0.5, 0.6) is 0 Å². The first-order chi connectivity index (χ1) is 10.8. The Bertz CT molecular complexity index is 642. The standard InChI is InChI=1S/C21H28O2/c1-12-13(2)19-15-5-6-18(23)21(15,4)10-8-16(19)20(3)9-7-14(22)11-17(12)20/h7,9,11,13,15-16,18-19,23H,1,5-6,8,10H2,2-4H3/t13?,15-,16-,18-,19-,20+,21-/m0/s1. The molecule has 0 aliphatic heterocycles. The summed E-state index contributed by atoms with van der Waals surface area (Å²) >= 11 is 0. The predicted molar refractivity (Wildman–Crippen MR) is 91.7 cm³/mol. The number of hydrogen-bond donors (Lipinski definition) is 1. The fraction of sp³-hybridized carbons (Fsp3) is 0.667. The molecule has 0 bridgehead atoms. The van der Waals surface area contributed by atoms with Crippen LogP contribution in [0.4, 0.5) is 0 Å². The van der Waals surface area contributed by atoms with Gasteiger partial charge in [-0.25, -0.2) is 0 Å². The lowest BCUT2D eigenvalue weighted by Crippen LogP contribution is -2.53. The molecule has 124 valence electrons. The number of aliphatic hydroxyl groups is 1. The summed E-state index contributed by atoms with van der Waals surface area (Å²) in [5, 5.41) is 10.6. The molecular formula is C21H28O2. The molecule has 0 aromatic carbocycles. The van der Waals surface area contributed by atoms with Crippen LogP contribution in [0.2, 0.25) is 0 Å². The maximum absolute atomic E-state index is 11.9. The molecule has 1 unspecified atom stereocenters. The van der Waals surface area contributed by atoms with Gasteiger partial charge in [0.15, 0.2) is 5.78 Å². The topological polar surface area (TPSA) is 37.3 Å². The number of carbonyl (C=O) groups is 1. The van der Waals surface area contributed by atoms with E-state index in [-0.39, 0.29) is 22.7 Å². The quantitative estimate of drug-likeness (QED) is 0.732. The fourth-order valence-corrected chi connectivity index (χ4v) is 6.49. The first-order valence-corrected chi connectivity index (χ1v) is 9.11. The summed E-state index contributed by atoms with van der Waals surface area (Å²) in [6.45, 7) is 11.3. The van der Waals surface area contributed by atoms with Crippen LogP contribution in [0.1, 0.15) is 46.5 Å². The number of aliphatic hydroxyl groups excluding tert-OH is 1. The average Bonchev–Trinajstić information content (AvgIpc) is 2.82. The van der Waals surface area contributed by atoms with Gasteiger partial charge in [-0.2, -0.15) is 0 Å². The van der Waals surface area contributed by atoms with E-state index in [0.717, 1.165) is 31.3 Å². The van der Waals surface area contributed by atoms with E-state index >= 15 is 0 Å². The van der Waals surface area contributed by atoms with E-state index < -0.39 is 0 Å². The molecule has 2 heteroatoms. The van der Waals surface area contributed by atoms with Crippen LogP contribution in [-0.2, 0) is 4.79 Å². The first-order valence-electron chi connectivity index (χ1n) is 9.11. The summed E-state index contributed by atoms with van der Waals surface area (Å²) in [5.74, 6) is 2.20. The van der Waals surface area contributed by atoms with Gasteiger partial charge in [0.1, 0.15) is 0 Å². The highest BCUT2D eigenvalue weighted by atomic mass is 16.3. The molecule has 2 nitrogen and oxygen atoms in total. The molecular weight excluding hydrogens is 284 g/mol. The number of carbonyl (C=O) groups excluding carboxylic acids is 1. The lowest BCUT2D eigenvalue weighted by molar-refractivity contribution is -0.111. The Balaban J connectivity index is 1.81. The van der Waals surface area contributed by atoms with Crippen LogP contribution in [-0.4, -0.2) is 17.0 Å². The molecule has 3 saturated carbocycles. The molecule has 1 N–H and O–H groups in total. The molecule has 0 spiro atoms. The average molecular weight is 312 g/mol. The summed E-state index contributed by atoms with van der Waals surface area (Å²) in [6, 6.07) is 0. The second kappa shape index (κ2) is 4.69. The zero-order valence-corrected chi connectivity index (χ0v) is 14.5. The Hall–Kier alpha value is -1.15. The van der Waals surface area contributed by atoms with Gasteiger partial charge < -0.3 is 5.11 Å². The minimum atomic E-state index is -0.151. The molecule has 0 aromatic heterocycles. The summed E-state index contributed by atoms with van der Waals surface area (Å²) in [4.78, 5) is 11.9. The third-order valence-corrected chi connectivity index (χ3v) is 7.99. The van der Waals surface area contributed by atoms with Crippen LogP contribution in [0.3, 0.4) is 0 Å². The molecule has 4 aliphatic rings. The molecule has 0 heterocycles. The van der Waals surface area contributed by atoms with Gasteiger partial charge in [0, 0.05) is 5.41 Å². The third kappa shape index (κ3) is 1.82. The van der Waals surface area contributed by atoms with Gasteiger partial charge >= 0.3 is 0 Å². The summed E-state index contributed by atoms with van der Waals surface area (Å²) < 4.78 is 0. The van der Waals surface area contributed by atoms with Gasteiger partial charge in [0.25, 0.3) is 0 Å². The van der Waals surface area contributed by atoms with Crippen molar-refractivity contribution in [1.82, 2.24) is 0 Å². The highest BCUT2D eigenvalue weighted by molar-refractivity contribution is 6.02. The molecule has 3 fully saturated rings. The van der Waals surface area contributed by atoms with Crippen molar-refractivity contribution in [3.8, 4) is 0 Å². The molecule has 23 heavy (non-hydrogen) atoms. The molecule has 4 aliphatic carbocycles. The van der Waals surface area contributed by atoms with Crippen molar-refractivity contribution in [2.24, 2.45) is 34.5 Å². The Labute approximate surface area is 139 Å². The van der Waals surface area contributed by atoms with Crippen molar-refractivity contribution < 1.29 is 9.90 Å². The summed E-state index contributed by atoms with van der Waals surface area (Å²) in [5.41, 5.74) is 2.33. The molecule has 0 aromatic rings. The first kappa shape index (κ1) is 15.4. The molecule has 7 atom stereocenters. The fourth-order valence-electron chi connectivity index (χ4n) is 6.49. The Morgan fingerprint density at radius 2 is 1.96 bits per heavy atom. The second-order valence-electron chi connectivity index (χ2n) is 8.82. The van der Waals surface area contributed by atoms with Crippen LogP contribution in [0.15, 0.2) is 36.0 Å². The van der Waals surface area contributed by atoms with Crippen LogP contribution in [0.25, 0.3) is 0 Å². The maximum atomic E-state index is 11.9. The monoisotopic (exact) mass is 312 g/mol. The van der Waals surface area contributed by atoms with Gasteiger partial charge in [-0.05, 0) is 78.1 Å². The van der Waals surface area contributed by atoms with Crippen molar-refractivity contribution in [3.05, 3.63) is 36.0 Å². The minimum Gasteiger partial charge on any atom is -0.393 e. The second-order valence-corrected chi connectivity index (χ2v) is 8.82. The SMILES string of the molecule is C=C1C2=CC(=O)C=C[C@]2(C)[C@H]2CC[C@]3(C)[C@@H](O)CC[C@H]3[C@@H]2C1C. The Morgan fingerprint density at radius 1 is 1.22 bits per heavy atom. The largest absolute Gasteiger partial charge is 0.393 e. The van der Waals surface area contributed by atoms with Crippen LogP contribution in [0, 0.1) is 34.5 Å². The smallest absolute Gasteiger partial charge is 0.178 e. The number of ketones is 1. The molecule has 0 amide bonds. The van der Waals surface area contributed by atoms with Gasteiger partial charge in [-0.3, -0.25) is 4.79 Å². The number of allylic oxidation sites excluding steroid dienone is 5. The van der Waals surface area contributed by atoms with E-state index in [0.29, 0.717) is 23.7 Å². The lowest BCUT2D eigenvalue weighted by atomic mass is 9.45. The third-order valence-electron chi connectivity index (χ3n) is 7.99. The van der Waals surface area contributed by atoms with Crippen LogP contribution >= 0.6 is 0 Å². The highest BCUT2D eigenvalue weighted by Gasteiger charge is 2.60. The summed E-state index contributed by atoms with van der Waals surface area (Å²) in [6.07, 6.45) is 9.89. The molecule has 0 saturated heterocycles. The Kier molecular flexibility index (Phi) is 3.14. The van der Waals surface area contributed by atoms with Crippen molar-refractivity contribution in [3.63, 3.8) is 0 Å². The summed E-state index contributed by atoms with van der Waals surface area (Å²) in [7, 11) is 0. The predicted octanol–water partition coefficient (Wildman–Crippen LogP) is 4.07. The van der Waals surface area contributed by atoms with Crippen molar-refractivity contribution >= 4 is 5.78 Å². The van der Waals surface area contributed by atoms with E-state index in [1.54, 1.807) is 6.08 Å². The van der Waals surface area contributed by atoms with Gasteiger partial charge in [-0.1, -0.05) is 33.4 Å². The van der Waals surface area contributed by atoms with Crippen molar-refractivity contribution in [1.29, 1.82) is 0 Å². The van der Waals surface area contributed by atoms with E-state index in [9.17, 15) is 9.90 Å². The normalized spacial score (nSPS) is 51.8. The Morgan fingerprint density at radius 3 is 2.70 bits per heavy atom. The van der Waals surface area contributed by atoms with Crippen molar-refractivity contribution in [2.75, 3.05) is 0 Å². The van der Waals surface area contributed by atoms with E-state index in [2.05, 4.69) is 33.4 Å². The maximum Gasteiger partial charge on any atom is 0.178 e. The zero-order chi connectivity index (χ0) is 16.6. The van der Waals surface area contributed by atoms with Gasteiger partial charge in [0.2, 0.25) is 0 Å². The van der Waals surface area contributed by atoms with Crippen molar-refractivity contribution in [2.45, 2.75) is 52.6 Å². The molecule has 0 radical (unpaired) electrons. The van der Waals surface area contributed by atoms with Gasteiger partial charge in [-0.15, -0.1) is 0 Å². The van der Waals surface area contributed by atoms with Gasteiger partial charge in [0.05, 0.1) is 6.10 Å². The minimum absolute atomic E-state index is 0.0585. The van der Waals surface area contributed by atoms with E-state index in [1.165, 1.54) is 5.57 Å². The van der Waals surface area contributed by atoms with Crippen LogP contribution < -0.4 is 0 Å². The van der Waals surface area contributed by atoms with E-state index in [1.807, 2.05) is 6.08 Å². The zero-order valence-electron chi connectivity index (χ0n) is 14.5. The number of hydrogen-bond acceptors (Lipinski definition) is 2. The number of fused-ring (bicyclic) bond motifs is 5. The van der Waals surface area contributed by atoms with E-state index in [4.69, 9.17) is 0 Å². The number of rotatable bonds is 0. The molecule has 4 rings (SSSR count). The highest BCUT2D eigenvalue weighted by Crippen LogP contribution is 2.66. The lowest BCUT2D eigenvalue weighted by Gasteiger charge is -2.59.